The number of rotatable bonds is 7. The first-order valence-corrected chi connectivity index (χ1v) is 10.1. The fourth-order valence-electron chi connectivity index (χ4n) is 3.60. The van der Waals surface area contributed by atoms with Crippen LogP contribution in [0.1, 0.15) is 22.6 Å². The minimum absolute atomic E-state index is 0.210. The minimum Gasteiger partial charge on any atom is -0.489 e. The Hall–Kier alpha value is -3.93. The Bertz CT molecular complexity index is 1070. The average Bonchev–Trinajstić information content (AvgIpc) is 3.21. The molecule has 3 aromatic carbocycles. The Morgan fingerprint density at radius 3 is 2.55 bits per heavy atom. The summed E-state index contributed by atoms with van der Waals surface area (Å²) < 4.78 is 5.82. The highest BCUT2D eigenvalue weighted by molar-refractivity contribution is 6.03. The maximum Gasteiger partial charge on any atom is 0.253 e. The van der Waals surface area contributed by atoms with Crippen LogP contribution in [0.2, 0.25) is 0 Å². The molecule has 3 aromatic rings. The van der Waals surface area contributed by atoms with Gasteiger partial charge < -0.3 is 10.1 Å². The average molecular weight is 413 g/mol. The number of hydrogen-bond donors (Lipinski definition) is 2. The summed E-state index contributed by atoms with van der Waals surface area (Å²) in [6.45, 7) is 0.904. The van der Waals surface area contributed by atoms with Crippen LogP contribution in [-0.4, -0.2) is 24.6 Å². The van der Waals surface area contributed by atoms with Crippen LogP contribution in [0.25, 0.3) is 0 Å². The van der Waals surface area contributed by atoms with E-state index in [1.807, 2.05) is 84.9 Å². The number of nitrogens with one attached hydrogen (secondary N) is 2. The molecule has 0 saturated carbocycles. The van der Waals surface area contributed by atoms with Gasteiger partial charge in [0.15, 0.2) is 0 Å². The lowest BCUT2D eigenvalue weighted by Gasteiger charge is -2.15. The molecular weight excluding hydrogens is 390 g/mol. The fourth-order valence-corrected chi connectivity index (χ4v) is 3.60. The molecule has 1 aliphatic rings. The first kappa shape index (κ1) is 20.3. The number of hydrazone groups is 1. The SMILES string of the molecule is O=C1NC[C@H](c2ccccc2)[C@H]1C(=O)NN=Cc1cccc(OCc2ccccc2)c1. The second kappa shape index (κ2) is 9.71. The third-order valence-corrected chi connectivity index (χ3v) is 5.19. The monoisotopic (exact) mass is 413 g/mol. The van der Waals surface area contributed by atoms with Crippen molar-refractivity contribution in [2.24, 2.45) is 11.0 Å². The van der Waals surface area contributed by atoms with Gasteiger partial charge in [0.05, 0.1) is 6.21 Å². The minimum atomic E-state index is -0.805. The first-order valence-electron chi connectivity index (χ1n) is 10.1. The molecule has 2 atom stereocenters. The molecule has 156 valence electrons. The van der Waals surface area contributed by atoms with Crippen molar-refractivity contribution in [3.05, 3.63) is 102 Å². The third kappa shape index (κ3) is 5.17. The van der Waals surface area contributed by atoms with Crippen molar-refractivity contribution in [3.63, 3.8) is 0 Å². The van der Waals surface area contributed by atoms with Gasteiger partial charge in [-0.25, -0.2) is 5.43 Å². The van der Waals surface area contributed by atoms with Gasteiger partial charge in [-0.05, 0) is 28.8 Å². The highest BCUT2D eigenvalue weighted by Crippen LogP contribution is 2.29. The molecule has 2 N–H and O–H groups in total. The molecule has 0 radical (unpaired) electrons. The number of nitrogens with zero attached hydrogens (tertiary/aromatic N) is 1. The molecule has 31 heavy (non-hydrogen) atoms. The maximum absolute atomic E-state index is 12.6. The number of ether oxygens (including phenoxy) is 1. The second-order valence-corrected chi connectivity index (χ2v) is 7.32. The van der Waals surface area contributed by atoms with Crippen LogP contribution >= 0.6 is 0 Å². The van der Waals surface area contributed by atoms with E-state index in [1.54, 1.807) is 0 Å². The molecule has 0 aliphatic carbocycles. The maximum atomic E-state index is 12.6. The predicted octanol–water partition coefficient (Wildman–Crippen LogP) is 3.25. The fraction of sp³-hybridized carbons (Fsp3) is 0.160. The van der Waals surface area contributed by atoms with E-state index in [2.05, 4.69) is 15.8 Å². The summed E-state index contributed by atoms with van der Waals surface area (Å²) in [5, 5.41) is 6.82. The van der Waals surface area contributed by atoms with E-state index >= 15 is 0 Å². The van der Waals surface area contributed by atoms with Crippen LogP contribution in [0.5, 0.6) is 5.75 Å². The summed E-state index contributed by atoms with van der Waals surface area (Å²) in [7, 11) is 0. The molecule has 0 unspecified atom stereocenters. The van der Waals surface area contributed by atoms with Gasteiger partial charge in [-0.1, -0.05) is 72.8 Å². The van der Waals surface area contributed by atoms with Crippen LogP contribution in [0.15, 0.2) is 90.0 Å². The highest BCUT2D eigenvalue weighted by atomic mass is 16.5. The molecule has 1 saturated heterocycles. The Kier molecular flexibility index (Phi) is 6.38. The Balaban J connectivity index is 1.36. The van der Waals surface area contributed by atoms with Crippen LogP contribution in [-0.2, 0) is 16.2 Å². The van der Waals surface area contributed by atoms with E-state index < -0.39 is 11.8 Å². The van der Waals surface area contributed by atoms with Crippen molar-refractivity contribution < 1.29 is 14.3 Å². The van der Waals surface area contributed by atoms with Gasteiger partial charge in [0.2, 0.25) is 5.91 Å². The van der Waals surface area contributed by atoms with Crippen LogP contribution < -0.4 is 15.5 Å². The molecular formula is C25H23N3O3. The number of carbonyl (C=O) groups is 2. The third-order valence-electron chi connectivity index (χ3n) is 5.19. The van der Waals surface area contributed by atoms with Crippen LogP contribution in [0.4, 0.5) is 0 Å². The standard InChI is InChI=1S/C25H23N3O3/c29-24-23(22(16-26-24)20-11-5-2-6-12-20)25(30)28-27-15-19-10-7-13-21(14-19)31-17-18-8-3-1-4-9-18/h1-15,22-23H,16-17H2,(H,26,29)(H,28,30)/t22-,23-/m1/s1. The molecule has 1 aliphatic heterocycles. The quantitative estimate of drug-likeness (QED) is 0.355. The molecule has 4 rings (SSSR count). The number of benzene rings is 3. The van der Waals surface area contributed by atoms with E-state index in [1.165, 1.54) is 6.21 Å². The van der Waals surface area contributed by atoms with Crippen molar-refractivity contribution in [1.82, 2.24) is 10.7 Å². The van der Waals surface area contributed by atoms with Gasteiger partial charge in [0, 0.05) is 12.5 Å². The molecule has 6 nitrogen and oxygen atoms in total. The molecule has 0 bridgehead atoms. The second-order valence-electron chi connectivity index (χ2n) is 7.32. The van der Waals surface area contributed by atoms with Crippen LogP contribution in [0.3, 0.4) is 0 Å². The highest BCUT2D eigenvalue weighted by Gasteiger charge is 2.40. The van der Waals surface area contributed by atoms with Crippen molar-refractivity contribution in [2.45, 2.75) is 12.5 Å². The van der Waals surface area contributed by atoms with E-state index in [-0.39, 0.29) is 11.8 Å². The summed E-state index contributed by atoms with van der Waals surface area (Å²) in [6.07, 6.45) is 1.54. The lowest BCUT2D eigenvalue weighted by molar-refractivity contribution is -0.133. The van der Waals surface area contributed by atoms with Crippen LogP contribution in [0, 0.1) is 5.92 Å². The lowest BCUT2D eigenvalue weighted by atomic mass is 9.88. The van der Waals surface area contributed by atoms with E-state index in [0.717, 1.165) is 16.7 Å². The normalized spacial score (nSPS) is 18.0. The zero-order valence-corrected chi connectivity index (χ0v) is 16.9. The van der Waals surface area contributed by atoms with Gasteiger partial charge in [0.1, 0.15) is 18.3 Å². The van der Waals surface area contributed by atoms with Crippen molar-refractivity contribution in [1.29, 1.82) is 0 Å². The molecule has 0 spiro atoms. The molecule has 6 heteroatoms. The van der Waals surface area contributed by atoms with Crippen molar-refractivity contribution in [3.8, 4) is 5.75 Å². The summed E-state index contributed by atoms with van der Waals surface area (Å²) >= 11 is 0. The Labute approximate surface area is 180 Å². The zero-order valence-electron chi connectivity index (χ0n) is 16.9. The molecule has 1 fully saturated rings. The van der Waals surface area contributed by atoms with Crippen molar-refractivity contribution in [2.75, 3.05) is 6.54 Å². The predicted molar refractivity (Wildman–Crippen MR) is 119 cm³/mol. The van der Waals surface area contributed by atoms with Gasteiger partial charge in [0.25, 0.3) is 5.91 Å². The Morgan fingerprint density at radius 2 is 1.77 bits per heavy atom. The lowest BCUT2D eigenvalue weighted by Crippen LogP contribution is -2.34. The van der Waals surface area contributed by atoms with E-state index in [9.17, 15) is 9.59 Å². The van der Waals surface area contributed by atoms with Gasteiger partial charge >= 0.3 is 0 Å². The number of amides is 2. The largest absolute Gasteiger partial charge is 0.489 e. The summed E-state index contributed by atoms with van der Waals surface area (Å²) in [5.41, 5.74) is 5.32. The molecule has 0 aromatic heterocycles. The topological polar surface area (TPSA) is 79.8 Å². The number of hydrogen-bond acceptors (Lipinski definition) is 4. The Morgan fingerprint density at radius 1 is 1.03 bits per heavy atom. The van der Waals surface area contributed by atoms with E-state index in [0.29, 0.717) is 18.9 Å². The van der Waals surface area contributed by atoms with Gasteiger partial charge in [-0.3, -0.25) is 9.59 Å². The van der Waals surface area contributed by atoms with Crippen molar-refractivity contribution >= 4 is 18.0 Å². The smallest absolute Gasteiger partial charge is 0.253 e. The number of carbonyl (C=O) groups excluding carboxylic acids is 2. The van der Waals surface area contributed by atoms with Gasteiger partial charge in [-0.15, -0.1) is 0 Å². The zero-order chi connectivity index (χ0) is 21.5. The molecule has 1 heterocycles. The molecule has 2 amide bonds. The van der Waals surface area contributed by atoms with E-state index in [4.69, 9.17) is 4.74 Å². The first-order chi connectivity index (χ1) is 15.2. The summed E-state index contributed by atoms with van der Waals surface area (Å²) in [6, 6.07) is 26.9. The van der Waals surface area contributed by atoms with Gasteiger partial charge in [-0.2, -0.15) is 5.10 Å². The summed E-state index contributed by atoms with van der Waals surface area (Å²) in [4.78, 5) is 24.9. The summed E-state index contributed by atoms with van der Waals surface area (Å²) in [5.74, 6) is -1.01.